The molecule has 0 radical (unpaired) electrons. The maximum absolute atomic E-state index is 11.9. The van der Waals surface area contributed by atoms with Gasteiger partial charge in [0.05, 0.1) is 6.42 Å². The molecule has 2 amide bonds. The zero-order chi connectivity index (χ0) is 15.5. The maximum Gasteiger partial charge on any atom is 0.317 e. The van der Waals surface area contributed by atoms with Gasteiger partial charge in [0.1, 0.15) is 0 Å². The van der Waals surface area contributed by atoms with Gasteiger partial charge in [-0.15, -0.1) is 0 Å². The van der Waals surface area contributed by atoms with Crippen LogP contribution in [0.15, 0.2) is 6.07 Å². The van der Waals surface area contributed by atoms with E-state index in [-0.39, 0.29) is 19.0 Å². The molecule has 120 valence electrons. The van der Waals surface area contributed by atoms with Crippen molar-refractivity contribution in [1.82, 2.24) is 20.4 Å². The summed E-state index contributed by atoms with van der Waals surface area (Å²) in [5.41, 5.74) is 1.21. The van der Waals surface area contributed by atoms with Crippen LogP contribution in [0.25, 0.3) is 0 Å². The second-order valence-corrected chi connectivity index (χ2v) is 5.81. The first-order valence-electron chi connectivity index (χ1n) is 7.68. The number of anilines is 1. The van der Waals surface area contributed by atoms with Gasteiger partial charge in [0.25, 0.3) is 0 Å². The lowest BCUT2D eigenvalue weighted by molar-refractivity contribution is -0.136. The molecule has 1 aromatic rings. The number of carbonyl (C=O) groups is 2. The molecule has 2 fully saturated rings. The summed E-state index contributed by atoms with van der Waals surface area (Å²) in [5, 5.41) is 18.6. The highest BCUT2D eigenvalue weighted by molar-refractivity contribution is 5.75. The number of carboxylic acids is 1. The minimum atomic E-state index is -0.907. The van der Waals surface area contributed by atoms with Crippen LogP contribution in [-0.4, -0.2) is 64.9 Å². The standard InChI is InChI=1S/C14H21N5O3/c20-13(21)3-4-15-14(22)19-7-5-18(6-8-19)12-9-11(16-17-12)10-1-2-10/h9-10H,1-8H2,(H,15,22)(H,16,17)(H,20,21). The molecule has 0 spiro atoms. The molecule has 1 aliphatic carbocycles. The topological polar surface area (TPSA) is 102 Å². The van der Waals surface area contributed by atoms with Crippen LogP contribution in [-0.2, 0) is 4.79 Å². The van der Waals surface area contributed by atoms with Crippen molar-refractivity contribution in [1.29, 1.82) is 0 Å². The van der Waals surface area contributed by atoms with E-state index < -0.39 is 5.97 Å². The van der Waals surface area contributed by atoms with E-state index in [1.54, 1.807) is 4.90 Å². The van der Waals surface area contributed by atoms with Gasteiger partial charge in [-0.05, 0) is 12.8 Å². The number of rotatable bonds is 5. The second kappa shape index (κ2) is 6.25. The van der Waals surface area contributed by atoms with Crippen molar-refractivity contribution in [2.24, 2.45) is 0 Å². The first kappa shape index (κ1) is 14.7. The smallest absolute Gasteiger partial charge is 0.317 e. The Morgan fingerprint density at radius 1 is 1.32 bits per heavy atom. The lowest BCUT2D eigenvalue weighted by atomic mass is 10.2. The lowest BCUT2D eigenvalue weighted by Gasteiger charge is -2.34. The highest BCUT2D eigenvalue weighted by Crippen LogP contribution is 2.39. The molecule has 1 aliphatic heterocycles. The van der Waals surface area contributed by atoms with Gasteiger partial charge in [-0.25, -0.2) is 4.79 Å². The summed E-state index contributed by atoms with van der Waals surface area (Å²) >= 11 is 0. The number of hydrogen-bond acceptors (Lipinski definition) is 4. The highest BCUT2D eigenvalue weighted by Gasteiger charge is 2.27. The number of H-pyrrole nitrogens is 1. The average molecular weight is 307 g/mol. The van der Waals surface area contributed by atoms with E-state index in [1.165, 1.54) is 18.5 Å². The Kier molecular flexibility index (Phi) is 4.17. The number of nitrogens with one attached hydrogen (secondary N) is 2. The molecule has 8 heteroatoms. The van der Waals surface area contributed by atoms with Gasteiger partial charge in [-0.1, -0.05) is 0 Å². The van der Waals surface area contributed by atoms with Gasteiger partial charge in [-0.3, -0.25) is 9.89 Å². The number of carbonyl (C=O) groups excluding carboxylic acids is 1. The van der Waals surface area contributed by atoms with Gasteiger partial charge in [0.2, 0.25) is 0 Å². The molecule has 3 N–H and O–H groups in total. The normalized spacial score (nSPS) is 18.4. The predicted octanol–water partition coefficient (Wildman–Crippen LogP) is 0.593. The van der Waals surface area contributed by atoms with Crippen LogP contribution in [0.5, 0.6) is 0 Å². The van der Waals surface area contributed by atoms with E-state index in [1.807, 2.05) is 0 Å². The van der Waals surface area contributed by atoms with E-state index >= 15 is 0 Å². The van der Waals surface area contributed by atoms with Crippen LogP contribution in [0.2, 0.25) is 0 Å². The third kappa shape index (κ3) is 3.49. The third-order valence-electron chi connectivity index (χ3n) is 4.11. The summed E-state index contributed by atoms with van der Waals surface area (Å²) in [6.07, 6.45) is 2.43. The molecule has 8 nitrogen and oxygen atoms in total. The molecule has 22 heavy (non-hydrogen) atoms. The molecular formula is C14H21N5O3. The largest absolute Gasteiger partial charge is 0.481 e. The Hall–Kier alpha value is -2.25. The molecule has 0 aromatic carbocycles. The number of hydrogen-bond donors (Lipinski definition) is 3. The summed E-state index contributed by atoms with van der Waals surface area (Å²) in [7, 11) is 0. The first-order valence-corrected chi connectivity index (χ1v) is 7.68. The van der Waals surface area contributed by atoms with Gasteiger partial charge in [0.15, 0.2) is 5.82 Å². The van der Waals surface area contributed by atoms with E-state index in [4.69, 9.17) is 5.11 Å². The van der Waals surface area contributed by atoms with Gasteiger partial charge < -0.3 is 20.2 Å². The first-order chi connectivity index (χ1) is 10.6. The van der Waals surface area contributed by atoms with Crippen molar-refractivity contribution in [2.75, 3.05) is 37.6 Å². The van der Waals surface area contributed by atoms with Crippen molar-refractivity contribution < 1.29 is 14.7 Å². The molecule has 1 saturated heterocycles. The van der Waals surface area contributed by atoms with Crippen LogP contribution in [0.4, 0.5) is 10.6 Å². The molecule has 2 aliphatic rings. The summed E-state index contributed by atoms with van der Waals surface area (Å²) in [5.74, 6) is 0.700. The predicted molar refractivity (Wildman–Crippen MR) is 80.0 cm³/mol. The quantitative estimate of drug-likeness (QED) is 0.739. The van der Waals surface area contributed by atoms with Crippen LogP contribution in [0.3, 0.4) is 0 Å². The Morgan fingerprint density at radius 2 is 2.05 bits per heavy atom. The number of urea groups is 1. The van der Waals surface area contributed by atoms with Gasteiger partial charge >= 0.3 is 12.0 Å². The van der Waals surface area contributed by atoms with E-state index in [0.717, 1.165) is 18.9 Å². The fourth-order valence-electron chi connectivity index (χ4n) is 2.62. The van der Waals surface area contributed by atoms with Crippen molar-refractivity contribution in [2.45, 2.75) is 25.2 Å². The number of piperazine rings is 1. The molecule has 3 rings (SSSR count). The second-order valence-electron chi connectivity index (χ2n) is 5.81. The molecule has 0 unspecified atom stereocenters. The van der Waals surface area contributed by atoms with Crippen molar-refractivity contribution in [3.8, 4) is 0 Å². The number of carboxylic acid groups (broad SMARTS) is 1. The molecule has 0 atom stereocenters. The zero-order valence-corrected chi connectivity index (χ0v) is 12.4. The zero-order valence-electron chi connectivity index (χ0n) is 12.4. The minimum absolute atomic E-state index is 0.0527. The maximum atomic E-state index is 11.9. The van der Waals surface area contributed by atoms with E-state index in [0.29, 0.717) is 19.0 Å². The number of aromatic nitrogens is 2. The number of aromatic amines is 1. The summed E-state index contributed by atoms with van der Waals surface area (Å²) < 4.78 is 0. The van der Waals surface area contributed by atoms with Crippen LogP contribution < -0.4 is 10.2 Å². The van der Waals surface area contributed by atoms with Crippen molar-refractivity contribution in [3.05, 3.63) is 11.8 Å². The van der Waals surface area contributed by atoms with Crippen LogP contribution in [0, 0.1) is 0 Å². The van der Waals surface area contributed by atoms with Gasteiger partial charge in [-0.2, -0.15) is 5.10 Å². The Labute approximate surface area is 128 Å². The molecular weight excluding hydrogens is 286 g/mol. The summed E-state index contributed by atoms with van der Waals surface area (Å²) in [4.78, 5) is 26.2. The third-order valence-corrected chi connectivity index (χ3v) is 4.11. The molecule has 0 bridgehead atoms. The lowest BCUT2D eigenvalue weighted by Crippen LogP contribution is -2.52. The van der Waals surface area contributed by atoms with Crippen LogP contribution in [0.1, 0.15) is 30.9 Å². The molecule has 2 heterocycles. The molecule has 1 saturated carbocycles. The number of nitrogens with zero attached hydrogens (tertiary/aromatic N) is 3. The Morgan fingerprint density at radius 3 is 2.68 bits per heavy atom. The fourth-order valence-corrected chi connectivity index (χ4v) is 2.62. The van der Waals surface area contributed by atoms with Crippen molar-refractivity contribution in [3.63, 3.8) is 0 Å². The fraction of sp³-hybridized carbons (Fsp3) is 0.643. The Balaban J connectivity index is 1.45. The van der Waals surface area contributed by atoms with Gasteiger partial charge in [0, 0.05) is 50.4 Å². The SMILES string of the molecule is O=C(O)CCNC(=O)N1CCN(c2cc(C3CC3)[nH]n2)CC1. The highest BCUT2D eigenvalue weighted by atomic mass is 16.4. The Bertz CT molecular complexity index is 546. The summed E-state index contributed by atoms with van der Waals surface area (Å²) in [6.45, 7) is 2.87. The number of aliphatic carboxylic acids is 1. The van der Waals surface area contributed by atoms with E-state index in [2.05, 4.69) is 26.5 Å². The summed E-state index contributed by atoms with van der Waals surface area (Å²) in [6, 6.07) is 1.92. The monoisotopic (exact) mass is 307 g/mol. The number of amides is 2. The van der Waals surface area contributed by atoms with Crippen molar-refractivity contribution >= 4 is 17.8 Å². The minimum Gasteiger partial charge on any atom is -0.481 e. The van der Waals surface area contributed by atoms with E-state index in [9.17, 15) is 9.59 Å². The average Bonchev–Trinajstić information content (AvgIpc) is 3.24. The molecule has 1 aromatic heterocycles. The van der Waals surface area contributed by atoms with Crippen LogP contribution >= 0.6 is 0 Å².